The smallest absolute Gasteiger partial charge is 0.339 e. The molecule has 2 heterocycles. The monoisotopic (exact) mass is 216 g/mol. The van der Waals surface area contributed by atoms with Crippen molar-refractivity contribution in [1.29, 1.82) is 0 Å². The molecule has 2 aromatic rings. The number of hydrogen-bond acceptors (Lipinski definition) is 3. The Hall–Kier alpha value is -2.10. The number of esters is 1. The fourth-order valence-electron chi connectivity index (χ4n) is 1.48. The summed E-state index contributed by atoms with van der Waals surface area (Å²) in [4.78, 5) is 15.2. The van der Waals surface area contributed by atoms with Crippen molar-refractivity contribution in [3.63, 3.8) is 0 Å². The van der Waals surface area contributed by atoms with Gasteiger partial charge >= 0.3 is 5.97 Å². The first kappa shape index (κ1) is 10.4. The van der Waals surface area contributed by atoms with E-state index in [9.17, 15) is 4.79 Å². The Balaban J connectivity index is 2.12. The summed E-state index contributed by atoms with van der Waals surface area (Å²) in [5.41, 5.74) is 1.71. The molecule has 0 saturated carbocycles. The van der Waals surface area contributed by atoms with Crippen molar-refractivity contribution < 1.29 is 9.53 Å². The van der Waals surface area contributed by atoms with Crippen LogP contribution < -0.4 is 0 Å². The molecule has 0 amide bonds. The maximum Gasteiger partial charge on any atom is 0.339 e. The number of pyridine rings is 1. The van der Waals surface area contributed by atoms with Gasteiger partial charge in [-0.2, -0.15) is 0 Å². The van der Waals surface area contributed by atoms with Crippen molar-refractivity contribution >= 4 is 5.97 Å². The van der Waals surface area contributed by atoms with Crippen molar-refractivity contribution in [3.8, 4) is 0 Å². The van der Waals surface area contributed by atoms with Crippen LogP contribution >= 0.6 is 0 Å². The zero-order valence-corrected chi connectivity index (χ0v) is 8.96. The first-order chi connectivity index (χ1) is 7.79. The lowest BCUT2D eigenvalue weighted by atomic mass is 10.3. The van der Waals surface area contributed by atoms with E-state index in [-0.39, 0.29) is 5.97 Å². The van der Waals surface area contributed by atoms with Gasteiger partial charge < -0.3 is 9.30 Å². The first-order valence-corrected chi connectivity index (χ1v) is 4.92. The molecule has 82 valence electrons. The normalized spacial score (nSPS) is 10.1. The Bertz CT molecular complexity index is 477. The lowest BCUT2D eigenvalue weighted by Gasteiger charge is -2.01. The number of nitrogens with zero attached hydrogens (tertiary/aromatic N) is 2. The summed E-state index contributed by atoms with van der Waals surface area (Å²) in [7, 11) is 1.38. The molecule has 0 aromatic carbocycles. The van der Waals surface area contributed by atoms with Crippen LogP contribution in [0.4, 0.5) is 0 Å². The van der Waals surface area contributed by atoms with Gasteiger partial charge in [-0.25, -0.2) is 4.79 Å². The van der Waals surface area contributed by atoms with Gasteiger partial charge in [0, 0.05) is 31.3 Å². The number of methoxy groups -OCH3 is 1. The molecule has 2 aromatic heterocycles. The second kappa shape index (κ2) is 4.61. The third kappa shape index (κ3) is 2.28. The molecule has 0 spiro atoms. The van der Waals surface area contributed by atoms with E-state index < -0.39 is 0 Å². The number of carbonyl (C=O) groups is 1. The van der Waals surface area contributed by atoms with Gasteiger partial charge in [0.05, 0.1) is 12.7 Å². The summed E-state index contributed by atoms with van der Waals surface area (Å²) in [6.45, 7) is 0.722. The fraction of sp³-hybridized carbons (Fsp3) is 0.167. The van der Waals surface area contributed by atoms with E-state index in [1.165, 1.54) is 7.11 Å². The van der Waals surface area contributed by atoms with Gasteiger partial charge in [0.25, 0.3) is 0 Å². The molecule has 0 atom stereocenters. The van der Waals surface area contributed by atoms with E-state index in [0.29, 0.717) is 5.56 Å². The number of rotatable bonds is 3. The van der Waals surface area contributed by atoms with Crippen molar-refractivity contribution in [2.75, 3.05) is 7.11 Å². The van der Waals surface area contributed by atoms with Crippen molar-refractivity contribution in [1.82, 2.24) is 9.55 Å². The molecule has 0 N–H and O–H groups in total. The number of carbonyl (C=O) groups excluding carboxylic acids is 1. The SMILES string of the molecule is COC(=O)c1ccn(Cc2ccncc2)c1. The molecule has 0 aliphatic heterocycles. The van der Waals surface area contributed by atoms with Crippen LogP contribution in [0.2, 0.25) is 0 Å². The van der Waals surface area contributed by atoms with E-state index >= 15 is 0 Å². The quantitative estimate of drug-likeness (QED) is 0.734. The summed E-state index contributed by atoms with van der Waals surface area (Å²) >= 11 is 0. The number of ether oxygens (including phenoxy) is 1. The minimum absolute atomic E-state index is 0.312. The molecular formula is C12H12N2O2. The summed E-state index contributed by atoms with van der Waals surface area (Å²) < 4.78 is 6.57. The molecule has 2 rings (SSSR count). The van der Waals surface area contributed by atoms with E-state index in [1.807, 2.05) is 22.9 Å². The maximum absolute atomic E-state index is 11.2. The Labute approximate surface area is 93.5 Å². The molecule has 0 saturated heterocycles. The van der Waals surface area contributed by atoms with Crippen LogP contribution in [0.5, 0.6) is 0 Å². The van der Waals surface area contributed by atoms with Gasteiger partial charge in [-0.1, -0.05) is 0 Å². The number of hydrogen-bond donors (Lipinski definition) is 0. The Morgan fingerprint density at radius 1 is 1.38 bits per heavy atom. The number of aromatic nitrogens is 2. The third-order valence-electron chi connectivity index (χ3n) is 2.29. The van der Waals surface area contributed by atoms with Crippen LogP contribution in [0.15, 0.2) is 43.0 Å². The molecule has 0 aliphatic carbocycles. The highest BCUT2D eigenvalue weighted by Crippen LogP contribution is 2.06. The zero-order valence-electron chi connectivity index (χ0n) is 8.96. The maximum atomic E-state index is 11.2. The molecule has 0 radical (unpaired) electrons. The predicted octanol–water partition coefficient (Wildman–Crippen LogP) is 1.72. The minimum Gasteiger partial charge on any atom is -0.465 e. The Morgan fingerprint density at radius 3 is 2.81 bits per heavy atom. The second-order valence-electron chi connectivity index (χ2n) is 3.42. The summed E-state index contributed by atoms with van der Waals surface area (Å²) in [5, 5.41) is 0. The predicted molar refractivity (Wildman–Crippen MR) is 59.1 cm³/mol. The summed E-state index contributed by atoms with van der Waals surface area (Å²) in [6, 6.07) is 5.63. The molecule has 4 nitrogen and oxygen atoms in total. The minimum atomic E-state index is -0.312. The average Bonchev–Trinajstić information content (AvgIpc) is 2.78. The molecule has 0 bridgehead atoms. The van der Waals surface area contributed by atoms with Crippen LogP contribution in [0.1, 0.15) is 15.9 Å². The fourth-order valence-corrected chi connectivity index (χ4v) is 1.48. The van der Waals surface area contributed by atoms with Gasteiger partial charge in [-0.3, -0.25) is 4.98 Å². The van der Waals surface area contributed by atoms with Gasteiger partial charge in [0.15, 0.2) is 0 Å². The highest BCUT2D eigenvalue weighted by Gasteiger charge is 2.06. The van der Waals surface area contributed by atoms with E-state index in [1.54, 1.807) is 24.7 Å². The van der Waals surface area contributed by atoms with Gasteiger partial charge in [-0.05, 0) is 23.8 Å². The van der Waals surface area contributed by atoms with Crippen molar-refractivity contribution in [2.45, 2.75) is 6.54 Å². The lowest BCUT2D eigenvalue weighted by molar-refractivity contribution is 0.0600. The van der Waals surface area contributed by atoms with Crippen LogP contribution in [0, 0.1) is 0 Å². The second-order valence-corrected chi connectivity index (χ2v) is 3.42. The van der Waals surface area contributed by atoms with Crippen LogP contribution in [-0.4, -0.2) is 22.6 Å². The van der Waals surface area contributed by atoms with E-state index in [2.05, 4.69) is 9.72 Å². The Kier molecular flexibility index (Phi) is 3.00. The molecular weight excluding hydrogens is 204 g/mol. The standard InChI is InChI=1S/C12H12N2O2/c1-16-12(15)11-4-7-14(9-11)8-10-2-5-13-6-3-10/h2-7,9H,8H2,1H3. The van der Waals surface area contributed by atoms with Gasteiger partial charge in [0.1, 0.15) is 0 Å². The first-order valence-electron chi connectivity index (χ1n) is 4.92. The van der Waals surface area contributed by atoms with E-state index in [4.69, 9.17) is 0 Å². The summed E-state index contributed by atoms with van der Waals surface area (Å²) in [5.74, 6) is -0.312. The molecule has 16 heavy (non-hydrogen) atoms. The largest absolute Gasteiger partial charge is 0.465 e. The zero-order chi connectivity index (χ0) is 11.4. The van der Waals surface area contributed by atoms with Gasteiger partial charge in [0.2, 0.25) is 0 Å². The summed E-state index contributed by atoms with van der Waals surface area (Å²) in [6.07, 6.45) is 7.12. The van der Waals surface area contributed by atoms with Crippen LogP contribution in [0.25, 0.3) is 0 Å². The Morgan fingerprint density at radius 2 is 2.12 bits per heavy atom. The third-order valence-corrected chi connectivity index (χ3v) is 2.29. The highest BCUT2D eigenvalue weighted by atomic mass is 16.5. The van der Waals surface area contributed by atoms with Gasteiger partial charge in [-0.15, -0.1) is 0 Å². The van der Waals surface area contributed by atoms with Crippen LogP contribution in [0.3, 0.4) is 0 Å². The molecule has 0 aliphatic rings. The highest BCUT2D eigenvalue weighted by molar-refractivity contribution is 5.89. The topological polar surface area (TPSA) is 44.1 Å². The lowest BCUT2D eigenvalue weighted by Crippen LogP contribution is -2.00. The van der Waals surface area contributed by atoms with E-state index in [0.717, 1.165) is 12.1 Å². The molecule has 0 unspecified atom stereocenters. The van der Waals surface area contributed by atoms with Crippen molar-refractivity contribution in [2.24, 2.45) is 0 Å². The molecule has 0 fully saturated rings. The molecule has 4 heteroatoms. The average molecular weight is 216 g/mol. The van der Waals surface area contributed by atoms with Crippen molar-refractivity contribution in [3.05, 3.63) is 54.1 Å². The van der Waals surface area contributed by atoms with Crippen LogP contribution in [-0.2, 0) is 11.3 Å².